The lowest BCUT2D eigenvalue weighted by Gasteiger charge is -2.09. The third-order valence-electron chi connectivity index (χ3n) is 3.25. The highest BCUT2D eigenvalue weighted by molar-refractivity contribution is 9.10. The fourth-order valence-corrected chi connectivity index (χ4v) is 2.38. The van der Waals surface area contributed by atoms with Gasteiger partial charge in [-0.15, -0.1) is 0 Å². The monoisotopic (exact) mass is 377 g/mol. The molecule has 0 aliphatic heterocycles. The Morgan fingerprint density at radius 2 is 1.65 bits per heavy atom. The predicted molar refractivity (Wildman–Crippen MR) is 94.4 cm³/mol. The molecule has 0 fully saturated rings. The number of amides is 1. The van der Waals surface area contributed by atoms with Gasteiger partial charge in [-0.1, -0.05) is 40.2 Å². The zero-order chi connectivity index (χ0) is 16.7. The first kappa shape index (κ1) is 17.5. The minimum atomic E-state index is -0.130. The summed E-state index contributed by atoms with van der Waals surface area (Å²) in [5.74, 6) is 0.550. The number of nitrogens with one attached hydrogen (secondary N) is 2. The summed E-state index contributed by atoms with van der Waals surface area (Å²) in [6, 6.07) is 15.7. The maximum atomic E-state index is 11.8. The van der Waals surface area contributed by atoms with Crippen LogP contribution >= 0.6 is 15.9 Å². The summed E-state index contributed by atoms with van der Waals surface area (Å²) in [5, 5.41) is 2.86. The average molecular weight is 378 g/mol. The molecule has 2 aromatic carbocycles. The lowest BCUT2D eigenvalue weighted by molar-refractivity contribution is -0.872. The first-order valence-corrected chi connectivity index (χ1v) is 8.34. The zero-order valence-electron chi connectivity index (χ0n) is 13.4. The van der Waals surface area contributed by atoms with Gasteiger partial charge < -0.3 is 15.0 Å². The molecule has 2 N–H and O–H groups in total. The van der Waals surface area contributed by atoms with Crippen molar-refractivity contribution < 1.29 is 14.4 Å². The largest absolute Gasteiger partial charge is 0.484 e. The Morgan fingerprint density at radius 3 is 2.26 bits per heavy atom. The van der Waals surface area contributed by atoms with Crippen LogP contribution < -0.4 is 15.0 Å². The van der Waals surface area contributed by atoms with Crippen LogP contribution in [0.1, 0.15) is 11.1 Å². The zero-order valence-corrected chi connectivity index (χ0v) is 15.0. The maximum Gasteiger partial charge on any atom is 0.258 e. The molecule has 23 heavy (non-hydrogen) atoms. The Balaban J connectivity index is 1.74. The lowest BCUT2D eigenvalue weighted by atomic mass is 10.1. The molecule has 0 aliphatic rings. The summed E-state index contributed by atoms with van der Waals surface area (Å²) < 4.78 is 6.42. The van der Waals surface area contributed by atoms with Crippen LogP contribution in [-0.4, -0.2) is 26.6 Å². The topological polar surface area (TPSA) is 42.8 Å². The molecule has 0 spiro atoms. The molecule has 4 nitrogen and oxygen atoms in total. The van der Waals surface area contributed by atoms with E-state index in [0.717, 1.165) is 16.6 Å². The third kappa shape index (κ3) is 6.42. The van der Waals surface area contributed by atoms with Crippen molar-refractivity contribution >= 4 is 21.8 Å². The number of carbonyl (C=O) groups excluding carboxylic acids is 1. The summed E-state index contributed by atoms with van der Waals surface area (Å²) >= 11 is 3.36. The van der Waals surface area contributed by atoms with Crippen molar-refractivity contribution in [3.63, 3.8) is 0 Å². The molecular weight excluding hydrogens is 356 g/mol. The van der Waals surface area contributed by atoms with E-state index in [-0.39, 0.29) is 12.5 Å². The highest BCUT2D eigenvalue weighted by Gasteiger charge is 2.04. The second-order valence-corrected chi connectivity index (χ2v) is 6.64. The van der Waals surface area contributed by atoms with Gasteiger partial charge in [-0.25, -0.2) is 0 Å². The van der Waals surface area contributed by atoms with E-state index in [1.165, 1.54) is 10.5 Å². The Morgan fingerprint density at radius 1 is 1.04 bits per heavy atom. The molecule has 0 aromatic heterocycles. The number of benzene rings is 2. The normalized spacial score (nSPS) is 10.6. The first-order chi connectivity index (χ1) is 11.0. The van der Waals surface area contributed by atoms with E-state index in [4.69, 9.17) is 4.74 Å². The second kappa shape index (κ2) is 8.70. The van der Waals surface area contributed by atoms with Crippen molar-refractivity contribution in [2.24, 2.45) is 0 Å². The summed E-state index contributed by atoms with van der Waals surface area (Å²) in [6.45, 7) is 1.52. The molecule has 122 valence electrons. The number of rotatable bonds is 7. The SMILES string of the molecule is C[NH+](C)Cc1ccc(CNC(=O)COc2ccc(Br)cc2)cc1. The van der Waals surface area contributed by atoms with Gasteiger partial charge in [0.05, 0.1) is 14.1 Å². The van der Waals surface area contributed by atoms with Crippen molar-refractivity contribution in [2.45, 2.75) is 13.1 Å². The predicted octanol–water partition coefficient (Wildman–Crippen LogP) is 1.79. The van der Waals surface area contributed by atoms with Crippen LogP contribution in [0.15, 0.2) is 53.0 Å². The average Bonchev–Trinajstić information content (AvgIpc) is 2.53. The highest BCUT2D eigenvalue weighted by Crippen LogP contribution is 2.15. The van der Waals surface area contributed by atoms with Gasteiger partial charge in [0.25, 0.3) is 5.91 Å². The number of ether oxygens (including phenoxy) is 1. The number of hydrogen-bond acceptors (Lipinski definition) is 2. The van der Waals surface area contributed by atoms with E-state index in [9.17, 15) is 4.79 Å². The van der Waals surface area contributed by atoms with E-state index >= 15 is 0 Å². The van der Waals surface area contributed by atoms with Crippen LogP contribution in [-0.2, 0) is 17.9 Å². The van der Waals surface area contributed by atoms with Gasteiger partial charge in [-0.2, -0.15) is 0 Å². The molecule has 0 heterocycles. The van der Waals surface area contributed by atoms with E-state index in [1.807, 2.05) is 36.4 Å². The number of quaternary nitrogens is 1. The van der Waals surface area contributed by atoms with Crippen molar-refractivity contribution in [3.05, 3.63) is 64.1 Å². The van der Waals surface area contributed by atoms with Crippen LogP contribution in [0.3, 0.4) is 0 Å². The summed E-state index contributed by atoms with van der Waals surface area (Å²) in [6.07, 6.45) is 0. The number of carbonyl (C=O) groups is 1. The van der Waals surface area contributed by atoms with Gasteiger partial charge in [0, 0.05) is 16.6 Å². The van der Waals surface area contributed by atoms with Crippen molar-refractivity contribution in [1.29, 1.82) is 0 Å². The Bertz CT molecular complexity index is 624. The van der Waals surface area contributed by atoms with Gasteiger partial charge in [-0.3, -0.25) is 4.79 Å². The number of halogens is 1. The molecule has 0 unspecified atom stereocenters. The highest BCUT2D eigenvalue weighted by atomic mass is 79.9. The number of hydrogen-bond donors (Lipinski definition) is 2. The lowest BCUT2D eigenvalue weighted by Crippen LogP contribution is -3.04. The van der Waals surface area contributed by atoms with Gasteiger partial charge in [0.1, 0.15) is 12.3 Å². The summed E-state index contributed by atoms with van der Waals surface area (Å²) in [7, 11) is 4.25. The van der Waals surface area contributed by atoms with Crippen molar-refractivity contribution in [3.8, 4) is 5.75 Å². The van der Waals surface area contributed by atoms with E-state index in [0.29, 0.717) is 12.3 Å². The standard InChI is InChI=1S/C18H21BrN2O2/c1-21(2)12-15-5-3-14(4-6-15)11-20-18(22)13-23-17-9-7-16(19)8-10-17/h3-10H,11-13H2,1-2H3,(H,20,22)/p+1. The quantitative estimate of drug-likeness (QED) is 0.772. The van der Waals surface area contributed by atoms with Crippen LogP contribution in [0.25, 0.3) is 0 Å². The molecule has 2 aromatic rings. The minimum Gasteiger partial charge on any atom is -0.484 e. The van der Waals surface area contributed by atoms with Gasteiger partial charge in [0.2, 0.25) is 0 Å². The van der Waals surface area contributed by atoms with Crippen LogP contribution in [0.2, 0.25) is 0 Å². The van der Waals surface area contributed by atoms with E-state index < -0.39 is 0 Å². The van der Waals surface area contributed by atoms with Crippen LogP contribution in [0.4, 0.5) is 0 Å². The first-order valence-electron chi connectivity index (χ1n) is 7.55. The Hall–Kier alpha value is -1.85. The molecule has 0 saturated heterocycles. The van der Waals surface area contributed by atoms with Gasteiger partial charge >= 0.3 is 0 Å². The van der Waals surface area contributed by atoms with E-state index in [1.54, 1.807) is 0 Å². The molecule has 0 bridgehead atoms. The van der Waals surface area contributed by atoms with Crippen LogP contribution in [0.5, 0.6) is 5.75 Å². The Kier molecular flexibility index (Phi) is 6.62. The summed E-state index contributed by atoms with van der Waals surface area (Å²) in [5.41, 5.74) is 2.37. The van der Waals surface area contributed by atoms with Crippen molar-refractivity contribution in [2.75, 3.05) is 20.7 Å². The van der Waals surface area contributed by atoms with Crippen molar-refractivity contribution in [1.82, 2.24) is 5.32 Å². The van der Waals surface area contributed by atoms with E-state index in [2.05, 4.69) is 47.5 Å². The molecular formula is C18H22BrN2O2+. The molecule has 1 amide bonds. The fraction of sp³-hybridized carbons (Fsp3) is 0.278. The fourth-order valence-electron chi connectivity index (χ4n) is 2.11. The van der Waals surface area contributed by atoms with Gasteiger partial charge in [-0.05, 0) is 29.8 Å². The molecule has 0 radical (unpaired) electrons. The second-order valence-electron chi connectivity index (χ2n) is 5.72. The van der Waals surface area contributed by atoms with Crippen LogP contribution in [0, 0.1) is 0 Å². The molecule has 5 heteroatoms. The minimum absolute atomic E-state index is 0.0176. The Labute approximate surface area is 145 Å². The molecule has 0 aliphatic carbocycles. The molecule has 2 rings (SSSR count). The molecule has 0 saturated carbocycles. The smallest absolute Gasteiger partial charge is 0.258 e. The third-order valence-corrected chi connectivity index (χ3v) is 3.78. The maximum absolute atomic E-state index is 11.8. The van der Waals surface area contributed by atoms with Gasteiger partial charge in [0.15, 0.2) is 6.61 Å². The molecule has 0 atom stereocenters. The summed E-state index contributed by atoms with van der Waals surface area (Å²) in [4.78, 5) is 13.2.